The molecule has 1 saturated heterocycles. The van der Waals surface area contributed by atoms with Crippen LogP contribution in [0, 0.1) is 5.41 Å². The van der Waals surface area contributed by atoms with Gasteiger partial charge in [-0.3, -0.25) is 0 Å². The fraction of sp³-hybridized carbons (Fsp3) is 1.00. The van der Waals surface area contributed by atoms with Crippen molar-refractivity contribution in [1.82, 2.24) is 9.62 Å². The van der Waals surface area contributed by atoms with Gasteiger partial charge in [0.1, 0.15) is 0 Å². The van der Waals surface area contributed by atoms with Gasteiger partial charge in [0.25, 0.3) is 0 Å². The highest BCUT2D eigenvalue weighted by molar-refractivity contribution is 7.89. The van der Waals surface area contributed by atoms with Gasteiger partial charge in [-0.1, -0.05) is 20.8 Å². The van der Waals surface area contributed by atoms with Gasteiger partial charge >= 0.3 is 0 Å². The number of hydrogen-bond donors (Lipinski definition) is 1. The summed E-state index contributed by atoms with van der Waals surface area (Å²) in [5.41, 5.74) is 0.0385. The molecule has 1 heterocycles. The number of hydrogen-bond acceptors (Lipinski definition) is 4. The van der Waals surface area contributed by atoms with Crippen molar-refractivity contribution >= 4 is 10.0 Å². The van der Waals surface area contributed by atoms with Crippen LogP contribution in [0.4, 0.5) is 0 Å². The van der Waals surface area contributed by atoms with Gasteiger partial charge in [0.05, 0.1) is 18.5 Å². The molecule has 0 aliphatic carbocycles. The summed E-state index contributed by atoms with van der Waals surface area (Å²) in [4.78, 5) is 0. The molecular weight excluding hydrogens is 252 g/mol. The molecule has 0 aromatic heterocycles. The number of rotatable bonds is 5. The second-order valence-corrected chi connectivity index (χ2v) is 8.30. The molecule has 1 atom stereocenters. The minimum atomic E-state index is -3.17. The molecule has 1 rings (SSSR count). The number of nitrogens with zero attached hydrogens (tertiary/aromatic N) is 1. The Kier molecular flexibility index (Phi) is 5.58. The van der Waals surface area contributed by atoms with E-state index in [0.29, 0.717) is 19.6 Å². The second-order valence-electron chi connectivity index (χ2n) is 6.10. The van der Waals surface area contributed by atoms with Crippen LogP contribution in [-0.2, 0) is 14.8 Å². The van der Waals surface area contributed by atoms with Crippen molar-refractivity contribution in [2.24, 2.45) is 5.41 Å². The molecule has 1 unspecified atom stereocenters. The summed E-state index contributed by atoms with van der Waals surface area (Å²) in [5.74, 6) is 0.202. The number of likely N-dealkylation sites (N-methyl/N-ethyl adjacent to an activating group) is 1. The Bertz CT molecular complexity index is 343. The third-order valence-corrected chi connectivity index (χ3v) is 4.87. The Morgan fingerprint density at radius 2 is 2.06 bits per heavy atom. The lowest BCUT2D eigenvalue weighted by molar-refractivity contribution is 0.0206. The van der Waals surface area contributed by atoms with Crippen LogP contribution in [0.15, 0.2) is 0 Å². The van der Waals surface area contributed by atoms with Gasteiger partial charge in [-0.25, -0.2) is 12.7 Å². The molecule has 6 heteroatoms. The molecule has 1 N–H and O–H groups in total. The molecular formula is C12H26N2O3S. The highest BCUT2D eigenvalue weighted by Crippen LogP contribution is 2.20. The van der Waals surface area contributed by atoms with E-state index in [9.17, 15) is 8.42 Å². The SMILES string of the molecule is CN(CC1CNCCO1)S(=O)(=O)CCC(C)(C)C. The van der Waals surface area contributed by atoms with Gasteiger partial charge in [-0.05, 0) is 11.8 Å². The van der Waals surface area contributed by atoms with E-state index in [1.54, 1.807) is 7.05 Å². The Balaban J connectivity index is 2.45. The topological polar surface area (TPSA) is 58.6 Å². The molecule has 0 saturated carbocycles. The van der Waals surface area contributed by atoms with E-state index in [4.69, 9.17) is 4.74 Å². The minimum Gasteiger partial charge on any atom is -0.374 e. The van der Waals surface area contributed by atoms with Gasteiger partial charge in [0.2, 0.25) is 10.0 Å². The third-order valence-electron chi connectivity index (χ3n) is 3.05. The molecule has 0 bridgehead atoms. The number of morpholine rings is 1. The van der Waals surface area contributed by atoms with Crippen LogP contribution in [0.3, 0.4) is 0 Å². The first-order valence-corrected chi connectivity index (χ1v) is 8.08. The summed E-state index contributed by atoms with van der Waals surface area (Å²) in [6.07, 6.45) is 0.636. The number of nitrogens with one attached hydrogen (secondary N) is 1. The lowest BCUT2D eigenvalue weighted by Crippen LogP contribution is -2.46. The first kappa shape index (κ1) is 15.9. The maximum Gasteiger partial charge on any atom is 0.213 e. The fourth-order valence-corrected chi connectivity index (χ4v) is 3.30. The van der Waals surface area contributed by atoms with Gasteiger partial charge < -0.3 is 10.1 Å². The van der Waals surface area contributed by atoms with Crippen LogP contribution in [0.25, 0.3) is 0 Å². The monoisotopic (exact) mass is 278 g/mol. The summed E-state index contributed by atoms with van der Waals surface area (Å²) in [6, 6.07) is 0. The zero-order chi connectivity index (χ0) is 13.8. The predicted molar refractivity (Wildman–Crippen MR) is 73.1 cm³/mol. The molecule has 0 aromatic rings. The van der Waals surface area contributed by atoms with Crippen molar-refractivity contribution < 1.29 is 13.2 Å². The molecule has 0 spiro atoms. The van der Waals surface area contributed by atoms with Gasteiger partial charge in [-0.15, -0.1) is 0 Å². The summed E-state index contributed by atoms with van der Waals surface area (Å²) in [7, 11) is -1.53. The Labute approximate surface area is 111 Å². The lowest BCUT2D eigenvalue weighted by atomic mass is 9.94. The van der Waals surface area contributed by atoms with Crippen molar-refractivity contribution in [1.29, 1.82) is 0 Å². The molecule has 18 heavy (non-hydrogen) atoms. The molecule has 1 aliphatic heterocycles. The first-order chi connectivity index (χ1) is 8.21. The molecule has 5 nitrogen and oxygen atoms in total. The van der Waals surface area contributed by atoms with Crippen LogP contribution in [0.5, 0.6) is 0 Å². The first-order valence-electron chi connectivity index (χ1n) is 6.47. The minimum absolute atomic E-state index is 0.0341. The van der Waals surface area contributed by atoms with Crippen LogP contribution in [-0.4, -0.2) is 57.9 Å². The van der Waals surface area contributed by atoms with Crippen molar-refractivity contribution in [3.05, 3.63) is 0 Å². The van der Waals surface area contributed by atoms with Crippen LogP contribution in [0.2, 0.25) is 0 Å². The van der Waals surface area contributed by atoms with E-state index < -0.39 is 10.0 Å². The fourth-order valence-electron chi connectivity index (χ4n) is 1.73. The molecule has 0 aromatic carbocycles. The molecule has 1 aliphatic rings. The highest BCUT2D eigenvalue weighted by Gasteiger charge is 2.25. The lowest BCUT2D eigenvalue weighted by Gasteiger charge is -2.28. The van der Waals surface area contributed by atoms with Gasteiger partial charge in [-0.2, -0.15) is 0 Å². The third kappa shape index (κ3) is 5.65. The standard InChI is InChI=1S/C12H26N2O3S/c1-12(2,3)5-8-18(15,16)14(4)10-11-9-13-6-7-17-11/h11,13H,5-10H2,1-4H3. The maximum absolute atomic E-state index is 12.1. The zero-order valence-electron chi connectivity index (χ0n) is 11.9. The second kappa shape index (κ2) is 6.32. The summed E-state index contributed by atoms with van der Waals surface area (Å²) in [5, 5.41) is 3.20. The normalized spacial score (nSPS) is 22.4. The molecule has 108 valence electrons. The number of ether oxygens (including phenoxy) is 1. The van der Waals surface area contributed by atoms with Crippen LogP contribution in [0.1, 0.15) is 27.2 Å². The van der Waals surface area contributed by atoms with Gasteiger partial charge in [0, 0.05) is 26.7 Å². The Hall–Kier alpha value is -0.170. The van der Waals surface area contributed by atoms with E-state index in [1.165, 1.54) is 4.31 Å². The number of sulfonamides is 1. The quantitative estimate of drug-likeness (QED) is 0.803. The van der Waals surface area contributed by atoms with E-state index in [2.05, 4.69) is 26.1 Å². The van der Waals surface area contributed by atoms with Crippen LogP contribution < -0.4 is 5.32 Å². The van der Waals surface area contributed by atoms with Gasteiger partial charge in [0.15, 0.2) is 0 Å². The van der Waals surface area contributed by atoms with E-state index >= 15 is 0 Å². The average molecular weight is 278 g/mol. The van der Waals surface area contributed by atoms with E-state index in [-0.39, 0.29) is 17.3 Å². The molecule has 0 radical (unpaired) electrons. The highest BCUT2D eigenvalue weighted by atomic mass is 32.2. The smallest absolute Gasteiger partial charge is 0.213 e. The maximum atomic E-state index is 12.1. The largest absolute Gasteiger partial charge is 0.374 e. The van der Waals surface area contributed by atoms with E-state index in [0.717, 1.165) is 13.1 Å². The zero-order valence-corrected chi connectivity index (χ0v) is 12.7. The summed E-state index contributed by atoms with van der Waals surface area (Å²) >= 11 is 0. The Morgan fingerprint density at radius 1 is 1.39 bits per heavy atom. The Morgan fingerprint density at radius 3 is 2.56 bits per heavy atom. The van der Waals surface area contributed by atoms with Crippen molar-refractivity contribution in [2.75, 3.05) is 39.0 Å². The predicted octanol–water partition coefficient (Wildman–Crippen LogP) is 0.673. The average Bonchev–Trinajstić information content (AvgIpc) is 2.27. The summed E-state index contributed by atoms with van der Waals surface area (Å²) in [6.45, 7) is 8.81. The molecule has 1 fully saturated rings. The van der Waals surface area contributed by atoms with Crippen molar-refractivity contribution in [3.8, 4) is 0 Å². The van der Waals surface area contributed by atoms with E-state index in [1.807, 2.05) is 0 Å². The van der Waals surface area contributed by atoms with Crippen molar-refractivity contribution in [2.45, 2.75) is 33.3 Å². The van der Waals surface area contributed by atoms with Crippen LogP contribution >= 0.6 is 0 Å². The van der Waals surface area contributed by atoms with Crippen molar-refractivity contribution in [3.63, 3.8) is 0 Å². The molecule has 0 amide bonds. The summed E-state index contributed by atoms with van der Waals surface area (Å²) < 4.78 is 31.1.